The zero-order chi connectivity index (χ0) is 11.3. The third-order valence-electron chi connectivity index (χ3n) is 2.29. The zero-order valence-corrected chi connectivity index (χ0v) is 9.72. The van der Waals surface area contributed by atoms with Crippen LogP contribution in [0, 0.1) is 0 Å². The summed E-state index contributed by atoms with van der Waals surface area (Å²) in [5.41, 5.74) is 0. The highest BCUT2D eigenvalue weighted by Gasteiger charge is 2.24. The van der Waals surface area contributed by atoms with Crippen LogP contribution in [0.5, 0.6) is 0 Å². The van der Waals surface area contributed by atoms with E-state index in [0.717, 1.165) is 13.1 Å². The van der Waals surface area contributed by atoms with Gasteiger partial charge in [-0.15, -0.1) is 0 Å². The number of hydrogen-bond acceptors (Lipinski definition) is 4. The van der Waals surface area contributed by atoms with Crippen molar-refractivity contribution in [2.75, 3.05) is 31.9 Å². The van der Waals surface area contributed by atoms with Gasteiger partial charge in [0.1, 0.15) is 6.04 Å². The van der Waals surface area contributed by atoms with Gasteiger partial charge in [0.2, 0.25) is 11.8 Å². The van der Waals surface area contributed by atoms with Gasteiger partial charge in [-0.2, -0.15) is 12.6 Å². The number of carbonyl (C=O) groups excluding carboxylic acids is 2. The maximum absolute atomic E-state index is 11.9. The molecular weight excluding hydrogens is 214 g/mol. The first-order chi connectivity index (χ1) is 7.15. The molecule has 1 rings (SSSR count). The number of carbonyl (C=O) groups is 2. The molecule has 0 aromatic heterocycles. The summed E-state index contributed by atoms with van der Waals surface area (Å²) in [6, 6.07) is -0.496. The number of nitrogens with zero attached hydrogens (tertiary/aromatic N) is 1. The van der Waals surface area contributed by atoms with Gasteiger partial charge in [0.15, 0.2) is 0 Å². The second-order valence-corrected chi connectivity index (χ2v) is 3.88. The van der Waals surface area contributed by atoms with Crippen LogP contribution in [0.1, 0.15) is 6.92 Å². The Labute approximate surface area is 95.0 Å². The second kappa shape index (κ2) is 5.97. The summed E-state index contributed by atoms with van der Waals surface area (Å²) in [5.74, 6) is 0.0988. The number of nitrogens with one attached hydrogen (secondary N) is 2. The predicted molar refractivity (Wildman–Crippen MR) is 60.9 cm³/mol. The Morgan fingerprint density at radius 3 is 2.53 bits per heavy atom. The molecule has 1 heterocycles. The molecule has 1 saturated heterocycles. The summed E-state index contributed by atoms with van der Waals surface area (Å²) >= 11 is 4.07. The molecule has 0 bridgehead atoms. The van der Waals surface area contributed by atoms with E-state index < -0.39 is 6.04 Å². The summed E-state index contributed by atoms with van der Waals surface area (Å²) in [6.45, 7) is 4.42. The minimum atomic E-state index is -0.496. The molecule has 1 aliphatic heterocycles. The van der Waals surface area contributed by atoms with Gasteiger partial charge >= 0.3 is 0 Å². The van der Waals surface area contributed by atoms with Gasteiger partial charge in [-0.25, -0.2) is 0 Å². The van der Waals surface area contributed by atoms with E-state index in [1.54, 1.807) is 4.90 Å². The topological polar surface area (TPSA) is 61.4 Å². The summed E-state index contributed by atoms with van der Waals surface area (Å²) in [4.78, 5) is 24.5. The molecule has 0 spiro atoms. The number of rotatable bonds is 3. The van der Waals surface area contributed by atoms with Crippen LogP contribution in [0.3, 0.4) is 0 Å². The van der Waals surface area contributed by atoms with Crippen molar-refractivity contribution in [2.45, 2.75) is 13.0 Å². The fraction of sp³-hybridized carbons (Fsp3) is 0.778. The molecule has 1 fully saturated rings. The lowest BCUT2D eigenvalue weighted by molar-refractivity contribution is -0.135. The third kappa shape index (κ3) is 3.71. The summed E-state index contributed by atoms with van der Waals surface area (Å²) in [5, 5.41) is 5.77. The van der Waals surface area contributed by atoms with Crippen LogP contribution in [-0.4, -0.2) is 54.7 Å². The number of hydrogen-bond donors (Lipinski definition) is 3. The van der Waals surface area contributed by atoms with Crippen LogP contribution in [0.25, 0.3) is 0 Å². The van der Waals surface area contributed by atoms with E-state index in [-0.39, 0.29) is 11.8 Å². The van der Waals surface area contributed by atoms with Crippen LogP contribution in [0.15, 0.2) is 0 Å². The van der Waals surface area contributed by atoms with Crippen molar-refractivity contribution in [3.63, 3.8) is 0 Å². The Balaban J connectivity index is 2.50. The summed E-state index contributed by atoms with van der Waals surface area (Å²) in [7, 11) is 0. The monoisotopic (exact) mass is 231 g/mol. The average Bonchev–Trinajstić information content (AvgIpc) is 2.26. The first-order valence-corrected chi connectivity index (χ1v) is 5.66. The van der Waals surface area contributed by atoms with E-state index in [1.807, 2.05) is 0 Å². The minimum absolute atomic E-state index is 0.0401. The molecule has 1 unspecified atom stereocenters. The fourth-order valence-electron chi connectivity index (χ4n) is 1.54. The van der Waals surface area contributed by atoms with Gasteiger partial charge in [0, 0.05) is 38.9 Å². The van der Waals surface area contributed by atoms with Crippen molar-refractivity contribution in [1.29, 1.82) is 0 Å². The molecule has 1 atom stereocenters. The quantitative estimate of drug-likeness (QED) is 0.538. The Morgan fingerprint density at radius 2 is 2.07 bits per heavy atom. The lowest BCUT2D eigenvalue weighted by Crippen LogP contribution is -2.54. The largest absolute Gasteiger partial charge is 0.344 e. The Hall–Kier alpha value is -0.750. The highest BCUT2D eigenvalue weighted by atomic mass is 32.1. The summed E-state index contributed by atoms with van der Waals surface area (Å²) in [6.07, 6.45) is 0. The molecule has 15 heavy (non-hydrogen) atoms. The lowest BCUT2D eigenvalue weighted by Gasteiger charge is -2.30. The van der Waals surface area contributed by atoms with E-state index in [1.165, 1.54) is 6.92 Å². The maximum Gasteiger partial charge on any atom is 0.246 e. The van der Waals surface area contributed by atoms with Crippen molar-refractivity contribution in [2.24, 2.45) is 0 Å². The van der Waals surface area contributed by atoms with Gasteiger partial charge in [-0.3, -0.25) is 9.59 Å². The van der Waals surface area contributed by atoms with Gasteiger partial charge in [0.05, 0.1) is 0 Å². The van der Waals surface area contributed by atoms with E-state index in [2.05, 4.69) is 23.3 Å². The van der Waals surface area contributed by atoms with Gasteiger partial charge in [-0.1, -0.05) is 0 Å². The number of thiol groups is 1. The molecule has 2 amide bonds. The molecule has 86 valence electrons. The maximum atomic E-state index is 11.9. The number of piperazine rings is 1. The van der Waals surface area contributed by atoms with Crippen LogP contribution < -0.4 is 10.6 Å². The van der Waals surface area contributed by atoms with Gasteiger partial charge in [-0.05, 0) is 0 Å². The minimum Gasteiger partial charge on any atom is -0.344 e. The predicted octanol–water partition coefficient (Wildman–Crippen LogP) is -1.15. The van der Waals surface area contributed by atoms with Crippen molar-refractivity contribution in [3.8, 4) is 0 Å². The van der Waals surface area contributed by atoms with E-state index >= 15 is 0 Å². The fourth-order valence-corrected chi connectivity index (χ4v) is 1.78. The van der Waals surface area contributed by atoms with Gasteiger partial charge in [0.25, 0.3) is 0 Å². The normalized spacial score (nSPS) is 18.4. The smallest absolute Gasteiger partial charge is 0.246 e. The Morgan fingerprint density at radius 1 is 1.47 bits per heavy atom. The molecule has 0 aliphatic carbocycles. The van der Waals surface area contributed by atoms with E-state index in [9.17, 15) is 9.59 Å². The Kier molecular flexibility index (Phi) is 4.90. The first-order valence-electron chi connectivity index (χ1n) is 5.02. The van der Waals surface area contributed by atoms with E-state index in [0.29, 0.717) is 18.8 Å². The summed E-state index contributed by atoms with van der Waals surface area (Å²) < 4.78 is 0. The molecule has 1 aliphatic rings. The molecule has 6 heteroatoms. The molecular formula is C9H17N3O2S. The standard InChI is InChI=1S/C9H17N3O2S/c1-7(13)11-8(6-15)9(14)12-4-2-10-3-5-12/h8,10,15H,2-6H2,1H3,(H,11,13). The van der Waals surface area contributed by atoms with Crippen molar-refractivity contribution in [3.05, 3.63) is 0 Å². The van der Waals surface area contributed by atoms with Crippen LogP contribution in [-0.2, 0) is 9.59 Å². The van der Waals surface area contributed by atoms with Gasteiger partial charge < -0.3 is 15.5 Å². The lowest BCUT2D eigenvalue weighted by atomic mass is 10.2. The van der Waals surface area contributed by atoms with Crippen molar-refractivity contribution >= 4 is 24.4 Å². The average molecular weight is 231 g/mol. The molecule has 0 aromatic rings. The van der Waals surface area contributed by atoms with Crippen molar-refractivity contribution < 1.29 is 9.59 Å². The van der Waals surface area contributed by atoms with Crippen LogP contribution >= 0.6 is 12.6 Å². The van der Waals surface area contributed by atoms with Crippen LogP contribution in [0.4, 0.5) is 0 Å². The molecule has 2 N–H and O–H groups in total. The number of amides is 2. The Bertz CT molecular complexity index is 242. The third-order valence-corrected chi connectivity index (χ3v) is 2.65. The highest BCUT2D eigenvalue weighted by Crippen LogP contribution is 1.99. The first kappa shape index (κ1) is 12.3. The molecule has 5 nitrogen and oxygen atoms in total. The zero-order valence-electron chi connectivity index (χ0n) is 8.82. The SMILES string of the molecule is CC(=O)NC(CS)C(=O)N1CCNCC1. The van der Waals surface area contributed by atoms with Crippen LogP contribution in [0.2, 0.25) is 0 Å². The van der Waals surface area contributed by atoms with E-state index in [4.69, 9.17) is 0 Å². The second-order valence-electron chi connectivity index (χ2n) is 3.51. The molecule has 0 saturated carbocycles. The highest BCUT2D eigenvalue weighted by molar-refractivity contribution is 7.80. The molecule has 0 radical (unpaired) electrons. The molecule has 0 aromatic carbocycles. The van der Waals surface area contributed by atoms with Crippen molar-refractivity contribution in [1.82, 2.24) is 15.5 Å².